The van der Waals surface area contributed by atoms with Crippen molar-refractivity contribution in [2.24, 2.45) is 0 Å². The zero-order chi connectivity index (χ0) is 13.1. The summed E-state index contributed by atoms with van der Waals surface area (Å²) in [5.74, 6) is 0.790. The van der Waals surface area contributed by atoms with Crippen molar-refractivity contribution in [3.8, 4) is 0 Å². The van der Waals surface area contributed by atoms with Crippen LogP contribution in [0.3, 0.4) is 0 Å². The summed E-state index contributed by atoms with van der Waals surface area (Å²) >= 11 is 6.02. The molecule has 0 saturated carbocycles. The van der Waals surface area contributed by atoms with Gasteiger partial charge in [0.1, 0.15) is 11.5 Å². The first-order valence-corrected chi connectivity index (χ1v) is 6.26. The first-order chi connectivity index (χ1) is 8.59. The normalized spacial score (nSPS) is 11.1. The zero-order valence-electron chi connectivity index (χ0n) is 10.4. The highest BCUT2D eigenvalue weighted by Gasteiger charge is 2.19. The standard InChI is InChI=1S/C13H15ClN2O2/c1-9(2)16-13(11(14)8-15-16)12(17)6-5-10-4-3-7-18-10/h3-4,7-9H,5-6H2,1-2H3. The Labute approximate surface area is 111 Å². The van der Waals surface area contributed by atoms with Crippen LogP contribution in [0.5, 0.6) is 0 Å². The molecule has 18 heavy (non-hydrogen) atoms. The Morgan fingerprint density at radius 2 is 2.33 bits per heavy atom. The Hall–Kier alpha value is -1.55. The van der Waals surface area contributed by atoms with E-state index in [-0.39, 0.29) is 11.8 Å². The van der Waals surface area contributed by atoms with Crippen LogP contribution in [0, 0.1) is 0 Å². The molecule has 2 heterocycles. The second-order valence-corrected chi connectivity index (χ2v) is 4.79. The van der Waals surface area contributed by atoms with E-state index in [2.05, 4.69) is 5.10 Å². The van der Waals surface area contributed by atoms with E-state index in [1.807, 2.05) is 26.0 Å². The molecule has 2 rings (SSSR count). The van der Waals surface area contributed by atoms with Gasteiger partial charge in [-0.25, -0.2) is 0 Å². The van der Waals surface area contributed by atoms with Crippen molar-refractivity contribution in [3.63, 3.8) is 0 Å². The van der Waals surface area contributed by atoms with Gasteiger partial charge in [-0.1, -0.05) is 11.6 Å². The quantitative estimate of drug-likeness (QED) is 0.778. The van der Waals surface area contributed by atoms with E-state index in [9.17, 15) is 4.79 Å². The summed E-state index contributed by atoms with van der Waals surface area (Å²) in [6.45, 7) is 3.93. The van der Waals surface area contributed by atoms with Crippen molar-refractivity contribution in [1.82, 2.24) is 9.78 Å². The third-order valence-corrected chi connectivity index (χ3v) is 2.96. The number of halogens is 1. The molecule has 0 aliphatic rings. The monoisotopic (exact) mass is 266 g/mol. The minimum atomic E-state index is -0.0115. The van der Waals surface area contributed by atoms with Crippen LogP contribution in [0.15, 0.2) is 29.0 Å². The second kappa shape index (κ2) is 5.40. The van der Waals surface area contributed by atoms with E-state index in [1.165, 1.54) is 6.20 Å². The minimum Gasteiger partial charge on any atom is -0.469 e. The Morgan fingerprint density at radius 3 is 2.94 bits per heavy atom. The fraction of sp³-hybridized carbons (Fsp3) is 0.385. The Balaban J connectivity index is 2.11. The molecule has 0 aliphatic carbocycles. The van der Waals surface area contributed by atoms with Crippen LogP contribution in [0.1, 0.15) is 42.6 Å². The highest BCUT2D eigenvalue weighted by atomic mass is 35.5. The zero-order valence-corrected chi connectivity index (χ0v) is 11.1. The molecule has 0 spiro atoms. The van der Waals surface area contributed by atoms with Gasteiger partial charge in [-0.2, -0.15) is 5.10 Å². The number of hydrogen-bond donors (Lipinski definition) is 0. The van der Waals surface area contributed by atoms with Crippen LogP contribution >= 0.6 is 11.6 Å². The molecular weight excluding hydrogens is 252 g/mol. The Kier molecular flexibility index (Phi) is 3.87. The van der Waals surface area contributed by atoms with Gasteiger partial charge in [0.2, 0.25) is 0 Å². The lowest BCUT2D eigenvalue weighted by Crippen LogP contribution is -2.13. The summed E-state index contributed by atoms with van der Waals surface area (Å²) in [7, 11) is 0. The molecule has 0 atom stereocenters. The highest BCUT2D eigenvalue weighted by Crippen LogP contribution is 2.21. The number of carbonyl (C=O) groups excluding carboxylic acids is 1. The number of carbonyl (C=O) groups is 1. The lowest BCUT2D eigenvalue weighted by Gasteiger charge is -2.10. The number of hydrogen-bond acceptors (Lipinski definition) is 3. The van der Waals surface area contributed by atoms with E-state index in [0.29, 0.717) is 23.6 Å². The average molecular weight is 267 g/mol. The maximum absolute atomic E-state index is 12.2. The maximum atomic E-state index is 12.2. The van der Waals surface area contributed by atoms with E-state index in [1.54, 1.807) is 10.9 Å². The molecule has 96 valence electrons. The molecule has 0 N–H and O–H groups in total. The molecule has 0 aliphatic heterocycles. The van der Waals surface area contributed by atoms with Crippen LogP contribution < -0.4 is 0 Å². The SMILES string of the molecule is CC(C)n1ncc(Cl)c1C(=O)CCc1ccco1. The van der Waals surface area contributed by atoms with E-state index >= 15 is 0 Å². The predicted molar refractivity (Wildman–Crippen MR) is 69.0 cm³/mol. The molecule has 0 radical (unpaired) electrons. The molecule has 4 nitrogen and oxygen atoms in total. The fourth-order valence-corrected chi connectivity index (χ4v) is 2.04. The molecule has 0 aromatic carbocycles. The largest absolute Gasteiger partial charge is 0.469 e. The predicted octanol–water partition coefficient (Wildman–Crippen LogP) is 3.53. The van der Waals surface area contributed by atoms with Gasteiger partial charge >= 0.3 is 0 Å². The summed E-state index contributed by atoms with van der Waals surface area (Å²) in [5, 5.41) is 4.53. The number of aromatic nitrogens is 2. The smallest absolute Gasteiger partial charge is 0.182 e. The molecule has 2 aromatic heterocycles. The van der Waals surface area contributed by atoms with Crippen molar-refractivity contribution < 1.29 is 9.21 Å². The van der Waals surface area contributed by atoms with E-state index in [0.717, 1.165) is 5.76 Å². The van der Waals surface area contributed by atoms with Gasteiger partial charge in [0.15, 0.2) is 5.78 Å². The molecule has 0 fully saturated rings. The number of ketones is 1. The number of aryl methyl sites for hydroxylation is 1. The van der Waals surface area contributed by atoms with Crippen LogP contribution in [-0.4, -0.2) is 15.6 Å². The fourth-order valence-electron chi connectivity index (χ4n) is 1.80. The molecular formula is C13H15ClN2O2. The van der Waals surface area contributed by atoms with Gasteiger partial charge in [0, 0.05) is 18.9 Å². The van der Waals surface area contributed by atoms with Gasteiger partial charge < -0.3 is 4.42 Å². The number of nitrogens with zero attached hydrogens (tertiary/aromatic N) is 2. The van der Waals surface area contributed by atoms with Gasteiger partial charge in [-0.3, -0.25) is 9.48 Å². The van der Waals surface area contributed by atoms with Crippen LogP contribution in [-0.2, 0) is 6.42 Å². The Bertz CT molecular complexity index is 529. The third kappa shape index (κ3) is 2.64. The average Bonchev–Trinajstić information content (AvgIpc) is 2.94. The third-order valence-electron chi connectivity index (χ3n) is 2.68. The molecule has 0 unspecified atom stereocenters. The van der Waals surface area contributed by atoms with Crippen LogP contribution in [0.25, 0.3) is 0 Å². The molecule has 0 saturated heterocycles. The number of furan rings is 1. The van der Waals surface area contributed by atoms with Crippen molar-refractivity contribution in [2.45, 2.75) is 32.7 Å². The Morgan fingerprint density at radius 1 is 1.56 bits per heavy atom. The van der Waals surface area contributed by atoms with Gasteiger partial charge in [0.05, 0.1) is 17.5 Å². The summed E-state index contributed by atoms with van der Waals surface area (Å²) in [6.07, 6.45) is 4.06. The second-order valence-electron chi connectivity index (χ2n) is 4.38. The van der Waals surface area contributed by atoms with Gasteiger partial charge in [0.25, 0.3) is 0 Å². The topological polar surface area (TPSA) is 48.0 Å². The lowest BCUT2D eigenvalue weighted by molar-refractivity contribution is 0.0969. The van der Waals surface area contributed by atoms with Crippen LogP contribution in [0.2, 0.25) is 5.02 Å². The summed E-state index contributed by atoms with van der Waals surface area (Å²) < 4.78 is 6.86. The number of rotatable bonds is 5. The summed E-state index contributed by atoms with van der Waals surface area (Å²) in [5.41, 5.74) is 0.484. The first-order valence-electron chi connectivity index (χ1n) is 5.88. The maximum Gasteiger partial charge on any atom is 0.182 e. The summed E-state index contributed by atoms with van der Waals surface area (Å²) in [4.78, 5) is 12.2. The molecule has 0 bridgehead atoms. The first kappa shape index (κ1) is 12.9. The number of Topliss-reactive ketones (excluding diaryl/α,β-unsaturated/α-hetero) is 1. The lowest BCUT2D eigenvalue weighted by atomic mass is 10.1. The van der Waals surface area contributed by atoms with E-state index < -0.39 is 0 Å². The van der Waals surface area contributed by atoms with E-state index in [4.69, 9.17) is 16.0 Å². The molecule has 2 aromatic rings. The van der Waals surface area contributed by atoms with Crippen LogP contribution in [0.4, 0.5) is 0 Å². The highest BCUT2D eigenvalue weighted by molar-refractivity contribution is 6.33. The summed E-state index contributed by atoms with van der Waals surface area (Å²) in [6, 6.07) is 3.78. The van der Waals surface area contributed by atoms with Gasteiger partial charge in [-0.15, -0.1) is 0 Å². The van der Waals surface area contributed by atoms with Crippen molar-refractivity contribution in [3.05, 3.63) is 41.1 Å². The van der Waals surface area contributed by atoms with Crippen molar-refractivity contribution >= 4 is 17.4 Å². The van der Waals surface area contributed by atoms with Crippen molar-refractivity contribution in [1.29, 1.82) is 0 Å². The molecule has 5 heteroatoms. The molecule has 0 amide bonds. The van der Waals surface area contributed by atoms with Gasteiger partial charge in [-0.05, 0) is 26.0 Å². The van der Waals surface area contributed by atoms with Crippen molar-refractivity contribution in [2.75, 3.05) is 0 Å². The minimum absolute atomic E-state index is 0.0115.